The van der Waals surface area contributed by atoms with E-state index in [-0.39, 0.29) is 17.9 Å². The number of anilines is 1. The second kappa shape index (κ2) is 8.67. The van der Waals surface area contributed by atoms with Gasteiger partial charge in [-0.25, -0.2) is 0 Å². The van der Waals surface area contributed by atoms with E-state index >= 15 is 0 Å². The quantitative estimate of drug-likeness (QED) is 0.538. The number of hydrogen-bond acceptors (Lipinski definition) is 6. The number of halogens is 1. The molecule has 7 nitrogen and oxygen atoms in total. The molecule has 0 spiro atoms. The highest BCUT2D eigenvalue weighted by Gasteiger charge is 2.35. The molecule has 3 aromatic rings. The van der Waals surface area contributed by atoms with E-state index < -0.39 is 0 Å². The van der Waals surface area contributed by atoms with Crippen molar-refractivity contribution < 1.29 is 14.3 Å². The molecule has 2 aromatic carbocycles. The maximum absolute atomic E-state index is 13.5. The van der Waals surface area contributed by atoms with Crippen molar-refractivity contribution in [1.29, 1.82) is 5.26 Å². The minimum atomic E-state index is -0.172. The van der Waals surface area contributed by atoms with E-state index in [4.69, 9.17) is 22.1 Å². The molecule has 2 amide bonds. The van der Waals surface area contributed by atoms with Crippen molar-refractivity contribution in [2.75, 3.05) is 32.0 Å². The predicted molar refractivity (Wildman–Crippen MR) is 133 cm³/mol. The molecule has 0 bridgehead atoms. The Morgan fingerprint density at radius 3 is 2.88 bits per heavy atom. The van der Waals surface area contributed by atoms with Crippen LogP contribution in [0.3, 0.4) is 0 Å². The summed E-state index contributed by atoms with van der Waals surface area (Å²) >= 11 is 8.07. The molecule has 0 radical (unpaired) electrons. The van der Waals surface area contributed by atoms with Crippen LogP contribution in [0.25, 0.3) is 21.2 Å². The van der Waals surface area contributed by atoms with E-state index in [9.17, 15) is 14.9 Å². The molecule has 34 heavy (non-hydrogen) atoms. The van der Waals surface area contributed by atoms with E-state index in [1.165, 1.54) is 17.4 Å². The van der Waals surface area contributed by atoms with Crippen LogP contribution in [-0.2, 0) is 4.79 Å². The fourth-order valence-electron chi connectivity index (χ4n) is 4.71. The number of hydrogen-bond donors (Lipinski definition) is 1. The lowest BCUT2D eigenvalue weighted by molar-refractivity contribution is -0.128. The van der Waals surface area contributed by atoms with E-state index in [0.29, 0.717) is 65.1 Å². The number of ether oxygens (including phenoxy) is 1. The first-order valence-corrected chi connectivity index (χ1v) is 12.0. The second-order valence-electron chi connectivity index (χ2n) is 8.24. The van der Waals surface area contributed by atoms with Gasteiger partial charge in [0, 0.05) is 46.7 Å². The first-order valence-electron chi connectivity index (χ1n) is 10.8. The van der Waals surface area contributed by atoms with Crippen LogP contribution >= 0.6 is 22.9 Å². The van der Waals surface area contributed by atoms with Gasteiger partial charge in [0.2, 0.25) is 5.91 Å². The first-order chi connectivity index (χ1) is 16.4. The Hall–Kier alpha value is -3.54. The molecule has 1 fully saturated rings. The van der Waals surface area contributed by atoms with Crippen LogP contribution in [-0.4, -0.2) is 53.9 Å². The maximum atomic E-state index is 13.5. The Morgan fingerprint density at radius 2 is 2.12 bits per heavy atom. The monoisotopic (exact) mass is 492 g/mol. The summed E-state index contributed by atoms with van der Waals surface area (Å²) in [5, 5.41) is 11.2. The Balaban J connectivity index is 1.56. The van der Waals surface area contributed by atoms with Crippen LogP contribution in [0.2, 0.25) is 5.02 Å². The lowest BCUT2D eigenvalue weighted by Gasteiger charge is -2.42. The highest BCUT2D eigenvalue weighted by atomic mass is 35.5. The molecule has 172 valence electrons. The third kappa shape index (κ3) is 3.58. The summed E-state index contributed by atoms with van der Waals surface area (Å²) in [6.45, 7) is 5.27. The van der Waals surface area contributed by atoms with Gasteiger partial charge in [0.05, 0.1) is 23.8 Å². The number of nitrogen functional groups attached to an aromatic ring is 1. The zero-order valence-corrected chi connectivity index (χ0v) is 19.8. The van der Waals surface area contributed by atoms with Crippen LogP contribution in [0.5, 0.6) is 5.75 Å². The Labute approximate surface area is 205 Å². The highest BCUT2D eigenvalue weighted by molar-refractivity contribution is 7.23. The van der Waals surface area contributed by atoms with Gasteiger partial charge in [0.15, 0.2) is 0 Å². The van der Waals surface area contributed by atoms with Crippen molar-refractivity contribution in [3.05, 3.63) is 59.1 Å². The standard InChI is InChI=1S/C25H21ClN4O3S/c1-2-22(31)29-7-8-30-14(13-29)6-9-33-20-11-16(19(26)10-17(20)25(30)32)15-4-3-5-21-23(15)18(12-27)24(28)34-21/h2-5,10-11,14H,1,6-9,13,28H2. The van der Waals surface area contributed by atoms with Gasteiger partial charge in [-0.2, -0.15) is 5.26 Å². The Bertz CT molecular complexity index is 1390. The van der Waals surface area contributed by atoms with Gasteiger partial charge < -0.3 is 20.3 Å². The summed E-state index contributed by atoms with van der Waals surface area (Å²) in [7, 11) is 0. The average Bonchev–Trinajstić information content (AvgIpc) is 3.17. The van der Waals surface area contributed by atoms with Gasteiger partial charge in [0.1, 0.15) is 16.8 Å². The zero-order chi connectivity index (χ0) is 24.0. The minimum absolute atomic E-state index is 0.136. The van der Waals surface area contributed by atoms with E-state index in [2.05, 4.69) is 12.6 Å². The van der Waals surface area contributed by atoms with Crippen LogP contribution in [0.1, 0.15) is 22.3 Å². The largest absolute Gasteiger partial charge is 0.493 e. The number of benzene rings is 2. The van der Waals surface area contributed by atoms with Crippen molar-refractivity contribution in [2.24, 2.45) is 0 Å². The number of fused-ring (bicyclic) bond motifs is 3. The number of thiophene rings is 1. The van der Waals surface area contributed by atoms with Crippen LogP contribution in [0.4, 0.5) is 5.00 Å². The molecule has 5 rings (SSSR count). The van der Waals surface area contributed by atoms with E-state index in [0.717, 1.165) is 15.6 Å². The maximum Gasteiger partial charge on any atom is 0.258 e. The number of amides is 2. The highest BCUT2D eigenvalue weighted by Crippen LogP contribution is 2.43. The smallest absolute Gasteiger partial charge is 0.258 e. The van der Waals surface area contributed by atoms with Gasteiger partial charge in [-0.3, -0.25) is 9.59 Å². The molecular weight excluding hydrogens is 472 g/mol. The summed E-state index contributed by atoms with van der Waals surface area (Å²) in [5.74, 6) is 0.142. The van der Waals surface area contributed by atoms with Crippen molar-refractivity contribution in [3.8, 4) is 22.9 Å². The second-order valence-corrected chi connectivity index (χ2v) is 9.73. The molecular formula is C25H21ClN4O3S. The van der Waals surface area contributed by atoms with Crippen LogP contribution in [0, 0.1) is 11.3 Å². The number of piperazine rings is 1. The predicted octanol–water partition coefficient (Wildman–Crippen LogP) is 4.30. The van der Waals surface area contributed by atoms with Crippen LogP contribution < -0.4 is 10.5 Å². The average molecular weight is 493 g/mol. The fourth-order valence-corrected chi connectivity index (χ4v) is 5.92. The fraction of sp³-hybridized carbons (Fsp3) is 0.240. The summed E-state index contributed by atoms with van der Waals surface area (Å²) < 4.78 is 6.93. The molecule has 3 heterocycles. The molecule has 1 atom stereocenters. The third-order valence-corrected chi connectivity index (χ3v) is 7.68. The number of nitrogens with two attached hydrogens (primary N) is 1. The minimum Gasteiger partial charge on any atom is -0.493 e. The Morgan fingerprint density at radius 1 is 1.29 bits per heavy atom. The molecule has 1 unspecified atom stereocenters. The summed E-state index contributed by atoms with van der Waals surface area (Å²) in [6, 6.07) is 11.2. The summed E-state index contributed by atoms with van der Waals surface area (Å²) in [4.78, 5) is 29.1. The van der Waals surface area contributed by atoms with Crippen molar-refractivity contribution in [1.82, 2.24) is 9.80 Å². The zero-order valence-electron chi connectivity index (χ0n) is 18.2. The van der Waals surface area contributed by atoms with Gasteiger partial charge in [-0.15, -0.1) is 11.3 Å². The number of rotatable bonds is 2. The van der Waals surface area contributed by atoms with Crippen molar-refractivity contribution in [2.45, 2.75) is 12.5 Å². The molecule has 0 saturated carbocycles. The summed E-state index contributed by atoms with van der Waals surface area (Å²) in [6.07, 6.45) is 1.90. The molecule has 1 aromatic heterocycles. The van der Waals surface area contributed by atoms with Gasteiger partial charge in [0.25, 0.3) is 5.91 Å². The molecule has 2 aliphatic heterocycles. The molecule has 9 heteroatoms. The summed E-state index contributed by atoms with van der Waals surface area (Å²) in [5.41, 5.74) is 8.32. The third-order valence-electron chi connectivity index (χ3n) is 6.38. The first kappa shape index (κ1) is 22.3. The molecule has 2 N–H and O–H groups in total. The van der Waals surface area contributed by atoms with Gasteiger partial charge in [-0.1, -0.05) is 30.3 Å². The van der Waals surface area contributed by atoms with Gasteiger partial charge >= 0.3 is 0 Å². The normalized spacial score (nSPS) is 17.8. The Kier molecular flexibility index (Phi) is 5.68. The van der Waals surface area contributed by atoms with E-state index in [1.54, 1.807) is 21.9 Å². The van der Waals surface area contributed by atoms with Crippen molar-refractivity contribution in [3.63, 3.8) is 0 Å². The SMILES string of the molecule is C=CC(=O)N1CCN2C(=O)c3cc(Cl)c(-c4cccc5sc(N)c(C#N)c45)cc3OCCC2C1. The van der Waals surface area contributed by atoms with Crippen LogP contribution in [0.15, 0.2) is 43.0 Å². The lowest BCUT2D eigenvalue weighted by Crippen LogP contribution is -2.57. The molecule has 1 saturated heterocycles. The molecule has 2 aliphatic rings. The van der Waals surface area contributed by atoms with Gasteiger partial charge in [-0.05, 0) is 29.8 Å². The number of nitriles is 1. The number of carbonyl (C=O) groups is 2. The van der Waals surface area contributed by atoms with E-state index in [1.807, 2.05) is 18.2 Å². The topological polar surface area (TPSA) is 99.7 Å². The number of carbonyl (C=O) groups excluding carboxylic acids is 2. The van der Waals surface area contributed by atoms with Crippen molar-refractivity contribution >= 4 is 49.8 Å². The molecule has 0 aliphatic carbocycles. The lowest BCUT2D eigenvalue weighted by atomic mass is 9.96. The number of nitrogens with zero attached hydrogens (tertiary/aromatic N) is 3.